The monoisotopic (exact) mass is 321 g/mol. The molecule has 0 atom stereocenters. The second-order valence-electron chi connectivity index (χ2n) is 5.20. The molecule has 2 amide bonds. The Kier molecular flexibility index (Phi) is 6.02. The molecule has 5 nitrogen and oxygen atoms in total. The van der Waals surface area contributed by atoms with E-state index in [1.807, 2.05) is 42.5 Å². The molecule has 0 aromatic heterocycles. The van der Waals surface area contributed by atoms with E-state index in [9.17, 15) is 9.59 Å². The number of hydrazone groups is 1. The molecule has 2 aromatic rings. The maximum atomic E-state index is 12.0. The van der Waals surface area contributed by atoms with Gasteiger partial charge in [-0.3, -0.25) is 9.59 Å². The highest BCUT2D eigenvalue weighted by molar-refractivity contribution is 5.99. The Morgan fingerprint density at radius 3 is 2.25 bits per heavy atom. The summed E-state index contributed by atoms with van der Waals surface area (Å²) in [6, 6.07) is 16.4. The standard InChI is InChI=1S/C19H19N3O2/c1-14(8-9-16-6-4-3-5-7-16)21-22-19(24)17-10-12-18(13-11-17)20-15(2)23/h3-13H,1-2H3,(H,20,23)(H,22,24)/b9-8+,21-14-. The molecule has 2 N–H and O–H groups in total. The number of amides is 2. The van der Waals surface area contributed by atoms with E-state index in [1.165, 1.54) is 6.92 Å². The van der Waals surface area contributed by atoms with Gasteiger partial charge in [-0.2, -0.15) is 5.10 Å². The molecule has 0 saturated carbocycles. The highest BCUT2D eigenvalue weighted by Crippen LogP contribution is 2.09. The first-order chi connectivity index (χ1) is 11.5. The minimum absolute atomic E-state index is 0.155. The first-order valence-corrected chi connectivity index (χ1v) is 7.50. The van der Waals surface area contributed by atoms with E-state index >= 15 is 0 Å². The normalized spacial score (nSPS) is 11.3. The Hall–Kier alpha value is -3.21. The minimum atomic E-state index is -0.308. The topological polar surface area (TPSA) is 70.6 Å². The summed E-state index contributed by atoms with van der Waals surface area (Å²) in [7, 11) is 0. The van der Waals surface area contributed by atoms with Crippen LogP contribution in [0.25, 0.3) is 6.08 Å². The molecule has 0 spiro atoms. The lowest BCUT2D eigenvalue weighted by Gasteiger charge is -2.04. The summed E-state index contributed by atoms with van der Waals surface area (Å²) in [5.74, 6) is -0.463. The molecule has 2 aromatic carbocycles. The van der Waals surface area contributed by atoms with Crippen LogP contribution in [0.15, 0.2) is 65.8 Å². The van der Waals surface area contributed by atoms with Gasteiger partial charge >= 0.3 is 0 Å². The number of carbonyl (C=O) groups excluding carboxylic acids is 2. The van der Waals surface area contributed by atoms with Gasteiger partial charge in [0.2, 0.25) is 5.91 Å². The van der Waals surface area contributed by atoms with Gasteiger partial charge in [0, 0.05) is 18.2 Å². The molecule has 0 fully saturated rings. The summed E-state index contributed by atoms with van der Waals surface area (Å²) in [4.78, 5) is 23.0. The third-order valence-electron chi connectivity index (χ3n) is 3.12. The molecule has 0 radical (unpaired) electrons. The quantitative estimate of drug-likeness (QED) is 0.654. The van der Waals surface area contributed by atoms with Crippen LogP contribution in [0.5, 0.6) is 0 Å². The average molecular weight is 321 g/mol. The zero-order chi connectivity index (χ0) is 17.4. The van der Waals surface area contributed by atoms with E-state index in [0.717, 1.165) is 5.56 Å². The fourth-order valence-electron chi connectivity index (χ4n) is 1.93. The Balaban J connectivity index is 1.94. The number of hydrogen-bond acceptors (Lipinski definition) is 3. The van der Waals surface area contributed by atoms with Crippen molar-refractivity contribution in [3.63, 3.8) is 0 Å². The van der Waals surface area contributed by atoms with E-state index < -0.39 is 0 Å². The lowest BCUT2D eigenvalue weighted by molar-refractivity contribution is -0.114. The second kappa shape index (κ2) is 8.43. The number of allylic oxidation sites excluding steroid dienone is 1. The predicted molar refractivity (Wildman–Crippen MR) is 96.8 cm³/mol. The predicted octanol–water partition coefficient (Wildman–Crippen LogP) is 3.46. The molecule has 0 aliphatic carbocycles. The molecule has 2 rings (SSSR count). The Morgan fingerprint density at radius 2 is 1.62 bits per heavy atom. The van der Waals surface area contributed by atoms with E-state index in [2.05, 4.69) is 15.8 Å². The van der Waals surface area contributed by atoms with Crippen molar-refractivity contribution in [2.24, 2.45) is 5.10 Å². The smallest absolute Gasteiger partial charge is 0.271 e. The molecule has 122 valence electrons. The number of anilines is 1. The summed E-state index contributed by atoms with van der Waals surface area (Å²) in [5, 5.41) is 6.69. The summed E-state index contributed by atoms with van der Waals surface area (Å²) >= 11 is 0. The zero-order valence-electron chi connectivity index (χ0n) is 13.6. The van der Waals surface area contributed by atoms with Gasteiger partial charge in [-0.05, 0) is 42.8 Å². The largest absolute Gasteiger partial charge is 0.326 e. The number of nitrogens with zero attached hydrogens (tertiary/aromatic N) is 1. The van der Waals surface area contributed by atoms with Crippen LogP contribution in [0.4, 0.5) is 5.69 Å². The lowest BCUT2D eigenvalue weighted by atomic mass is 10.2. The van der Waals surface area contributed by atoms with Crippen LogP contribution in [0, 0.1) is 0 Å². The highest BCUT2D eigenvalue weighted by Gasteiger charge is 2.04. The van der Waals surface area contributed by atoms with Crippen molar-refractivity contribution in [1.29, 1.82) is 0 Å². The molecule has 0 aliphatic rings. The fraction of sp³-hybridized carbons (Fsp3) is 0.105. The Bertz CT molecular complexity index is 763. The maximum absolute atomic E-state index is 12.0. The number of rotatable bonds is 5. The number of carbonyl (C=O) groups is 2. The van der Waals surface area contributed by atoms with Crippen molar-refractivity contribution in [1.82, 2.24) is 5.43 Å². The molecule has 0 bridgehead atoms. The fourth-order valence-corrected chi connectivity index (χ4v) is 1.93. The van der Waals surface area contributed by atoms with Crippen LogP contribution >= 0.6 is 0 Å². The van der Waals surface area contributed by atoms with E-state index in [-0.39, 0.29) is 11.8 Å². The molecular weight excluding hydrogens is 302 g/mol. The van der Waals surface area contributed by atoms with Crippen molar-refractivity contribution in [3.05, 3.63) is 71.8 Å². The third-order valence-corrected chi connectivity index (χ3v) is 3.12. The van der Waals surface area contributed by atoms with Crippen molar-refractivity contribution >= 4 is 29.3 Å². The van der Waals surface area contributed by atoms with E-state index in [0.29, 0.717) is 17.0 Å². The van der Waals surface area contributed by atoms with Gasteiger partial charge in [-0.15, -0.1) is 0 Å². The van der Waals surface area contributed by atoms with Crippen LogP contribution in [0.1, 0.15) is 29.8 Å². The minimum Gasteiger partial charge on any atom is -0.326 e. The SMILES string of the molecule is CC(=O)Nc1ccc(C(=O)N/N=C(C)\C=C\c2ccccc2)cc1. The number of hydrogen-bond donors (Lipinski definition) is 2. The molecule has 24 heavy (non-hydrogen) atoms. The summed E-state index contributed by atoms with van der Waals surface area (Å²) in [6.45, 7) is 3.24. The summed E-state index contributed by atoms with van der Waals surface area (Å²) in [5.41, 5.74) is 5.36. The molecule has 0 unspecified atom stereocenters. The van der Waals surface area contributed by atoms with Gasteiger partial charge in [-0.25, -0.2) is 5.43 Å². The van der Waals surface area contributed by atoms with Gasteiger partial charge in [0.15, 0.2) is 0 Å². The highest BCUT2D eigenvalue weighted by atomic mass is 16.2. The number of nitrogens with one attached hydrogen (secondary N) is 2. The van der Waals surface area contributed by atoms with Gasteiger partial charge < -0.3 is 5.32 Å². The first kappa shape index (κ1) is 17.1. The molecule has 5 heteroatoms. The lowest BCUT2D eigenvalue weighted by Crippen LogP contribution is -2.18. The van der Waals surface area contributed by atoms with Crippen LogP contribution < -0.4 is 10.7 Å². The number of benzene rings is 2. The van der Waals surface area contributed by atoms with Crippen LogP contribution in [-0.2, 0) is 4.79 Å². The van der Waals surface area contributed by atoms with Crippen LogP contribution in [-0.4, -0.2) is 17.5 Å². The summed E-state index contributed by atoms with van der Waals surface area (Å²) in [6.07, 6.45) is 3.75. The van der Waals surface area contributed by atoms with Crippen LogP contribution in [0.2, 0.25) is 0 Å². The molecule has 0 aliphatic heterocycles. The van der Waals surface area contributed by atoms with Crippen molar-refractivity contribution in [2.45, 2.75) is 13.8 Å². The summed E-state index contributed by atoms with van der Waals surface area (Å²) < 4.78 is 0. The van der Waals surface area contributed by atoms with E-state index in [1.54, 1.807) is 31.2 Å². The van der Waals surface area contributed by atoms with Gasteiger partial charge in [0.25, 0.3) is 5.91 Å². The maximum Gasteiger partial charge on any atom is 0.271 e. The average Bonchev–Trinajstić information content (AvgIpc) is 2.59. The van der Waals surface area contributed by atoms with E-state index in [4.69, 9.17) is 0 Å². The first-order valence-electron chi connectivity index (χ1n) is 7.50. The van der Waals surface area contributed by atoms with Crippen molar-refractivity contribution < 1.29 is 9.59 Å². The second-order valence-corrected chi connectivity index (χ2v) is 5.20. The van der Waals surface area contributed by atoms with Gasteiger partial charge in [-0.1, -0.05) is 36.4 Å². The third kappa shape index (κ3) is 5.53. The Morgan fingerprint density at radius 1 is 0.958 bits per heavy atom. The van der Waals surface area contributed by atoms with Crippen molar-refractivity contribution in [2.75, 3.05) is 5.32 Å². The Labute approximate surface area is 141 Å². The van der Waals surface area contributed by atoms with Gasteiger partial charge in [0.1, 0.15) is 0 Å². The zero-order valence-corrected chi connectivity index (χ0v) is 13.6. The molecular formula is C19H19N3O2. The molecule has 0 saturated heterocycles. The van der Waals surface area contributed by atoms with Crippen LogP contribution in [0.3, 0.4) is 0 Å². The van der Waals surface area contributed by atoms with Gasteiger partial charge in [0.05, 0.1) is 5.71 Å². The molecule has 0 heterocycles. The van der Waals surface area contributed by atoms with Crippen molar-refractivity contribution in [3.8, 4) is 0 Å².